The summed E-state index contributed by atoms with van der Waals surface area (Å²) in [5.74, 6) is 0.0600. The second-order valence-corrected chi connectivity index (χ2v) is 8.60. The highest BCUT2D eigenvalue weighted by Gasteiger charge is 2.26. The Morgan fingerprint density at radius 2 is 1.90 bits per heavy atom. The van der Waals surface area contributed by atoms with E-state index in [1.54, 1.807) is 48.8 Å². The summed E-state index contributed by atoms with van der Waals surface area (Å²) in [4.78, 5) is 16.6. The number of nitrogens with one attached hydrogen (secondary N) is 1. The topological polar surface area (TPSA) is 115 Å². The van der Waals surface area contributed by atoms with Gasteiger partial charge in [-0.25, -0.2) is 8.42 Å². The maximum Gasteiger partial charge on any atom is 0.273 e. The zero-order valence-corrected chi connectivity index (χ0v) is 16.8. The van der Waals surface area contributed by atoms with E-state index in [4.69, 9.17) is 9.26 Å². The molecular formula is C20H20N4O5S. The zero-order chi connectivity index (χ0) is 21.0. The van der Waals surface area contributed by atoms with Crippen molar-refractivity contribution >= 4 is 15.9 Å². The van der Waals surface area contributed by atoms with Gasteiger partial charge in [0.1, 0.15) is 0 Å². The van der Waals surface area contributed by atoms with Crippen LogP contribution in [0.5, 0.6) is 0 Å². The fourth-order valence-corrected chi connectivity index (χ4v) is 4.42. The molecule has 0 saturated carbocycles. The zero-order valence-electron chi connectivity index (χ0n) is 16.0. The van der Waals surface area contributed by atoms with Crippen LogP contribution in [0.1, 0.15) is 16.1 Å². The van der Waals surface area contributed by atoms with Crippen LogP contribution in [-0.2, 0) is 21.3 Å². The fraction of sp³-hybridized carbons (Fsp3) is 0.250. The second kappa shape index (κ2) is 8.74. The SMILES string of the molecule is O=C(NCc1ccc(S(=O)(=O)N2CCOCC2)cc1)c1cc(-c2cccnc2)on1. The van der Waals surface area contributed by atoms with E-state index < -0.39 is 10.0 Å². The number of rotatable bonds is 6. The van der Waals surface area contributed by atoms with E-state index in [0.717, 1.165) is 11.1 Å². The van der Waals surface area contributed by atoms with E-state index in [-0.39, 0.29) is 23.0 Å². The second-order valence-electron chi connectivity index (χ2n) is 6.66. The molecule has 0 spiro atoms. The maximum atomic E-state index is 12.6. The predicted molar refractivity (Wildman–Crippen MR) is 107 cm³/mol. The number of morpholine rings is 1. The number of ether oxygens (including phenoxy) is 1. The molecule has 3 aromatic rings. The van der Waals surface area contributed by atoms with Gasteiger partial charge in [-0.2, -0.15) is 4.31 Å². The first-order chi connectivity index (χ1) is 14.5. The van der Waals surface area contributed by atoms with Crippen molar-refractivity contribution in [1.82, 2.24) is 19.8 Å². The standard InChI is InChI=1S/C20H20N4O5S/c25-20(18-12-19(29-23-18)16-2-1-7-21-14-16)22-13-15-3-5-17(6-4-15)30(26,27)24-8-10-28-11-9-24/h1-7,12,14H,8-11,13H2,(H,22,25). The quantitative estimate of drug-likeness (QED) is 0.635. The molecule has 0 atom stereocenters. The number of amides is 1. The van der Waals surface area contributed by atoms with Gasteiger partial charge in [-0.15, -0.1) is 0 Å². The lowest BCUT2D eigenvalue weighted by Crippen LogP contribution is -2.40. The number of hydrogen-bond donors (Lipinski definition) is 1. The molecule has 30 heavy (non-hydrogen) atoms. The van der Waals surface area contributed by atoms with Crippen LogP contribution in [0.25, 0.3) is 11.3 Å². The number of nitrogens with zero attached hydrogens (tertiary/aromatic N) is 3. The van der Waals surface area contributed by atoms with Gasteiger partial charge in [0.05, 0.1) is 18.1 Å². The molecule has 1 fully saturated rings. The van der Waals surface area contributed by atoms with Gasteiger partial charge in [-0.3, -0.25) is 9.78 Å². The van der Waals surface area contributed by atoms with Crippen molar-refractivity contribution in [2.45, 2.75) is 11.4 Å². The Hall–Kier alpha value is -3.08. The third-order valence-electron chi connectivity index (χ3n) is 4.67. The van der Waals surface area contributed by atoms with Crippen molar-refractivity contribution in [1.29, 1.82) is 0 Å². The van der Waals surface area contributed by atoms with Gasteiger partial charge in [0.15, 0.2) is 11.5 Å². The third kappa shape index (κ3) is 4.40. The molecule has 10 heteroatoms. The molecular weight excluding hydrogens is 408 g/mol. The van der Waals surface area contributed by atoms with E-state index >= 15 is 0 Å². The summed E-state index contributed by atoms with van der Waals surface area (Å²) in [6, 6.07) is 11.6. The Kier molecular flexibility index (Phi) is 5.88. The summed E-state index contributed by atoms with van der Waals surface area (Å²) in [7, 11) is -3.54. The van der Waals surface area contributed by atoms with Crippen molar-refractivity contribution in [3.63, 3.8) is 0 Å². The fourth-order valence-electron chi connectivity index (χ4n) is 3.01. The van der Waals surface area contributed by atoms with Crippen molar-refractivity contribution in [2.24, 2.45) is 0 Å². The summed E-state index contributed by atoms with van der Waals surface area (Å²) < 4.78 is 37.1. The molecule has 2 aromatic heterocycles. The molecule has 1 aliphatic heterocycles. The lowest BCUT2D eigenvalue weighted by Gasteiger charge is -2.26. The minimum absolute atomic E-state index is 0.153. The molecule has 9 nitrogen and oxygen atoms in total. The Labute approximate surface area is 173 Å². The van der Waals surface area contributed by atoms with Crippen molar-refractivity contribution in [2.75, 3.05) is 26.3 Å². The van der Waals surface area contributed by atoms with Crippen LogP contribution < -0.4 is 5.32 Å². The number of carbonyl (C=O) groups is 1. The Bertz CT molecular complexity index is 1110. The van der Waals surface area contributed by atoms with Crippen molar-refractivity contribution < 1.29 is 22.5 Å². The molecule has 1 saturated heterocycles. The van der Waals surface area contributed by atoms with E-state index in [2.05, 4.69) is 15.5 Å². The normalized spacial score (nSPS) is 15.1. The molecule has 0 bridgehead atoms. The Balaban J connectivity index is 1.37. The minimum atomic E-state index is -3.54. The van der Waals surface area contributed by atoms with Gasteiger partial charge in [0.25, 0.3) is 5.91 Å². The van der Waals surface area contributed by atoms with Crippen LogP contribution in [-0.4, -0.2) is 55.1 Å². The van der Waals surface area contributed by atoms with Crippen LogP contribution in [0, 0.1) is 0 Å². The molecule has 4 rings (SSSR count). The molecule has 0 aliphatic carbocycles. The van der Waals surface area contributed by atoms with Crippen LogP contribution in [0.4, 0.5) is 0 Å². The molecule has 156 valence electrons. The maximum absolute atomic E-state index is 12.6. The predicted octanol–water partition coefficient (Wildman–Crippen LogP) is 1.69. The van der Waals surface area contributed by atoms with Crippen LogP contribution in [0.2, 0.25) is 0 Å². The minimum Gasteiger partial charge on any atom is -0.379 e. The van der Waals surface area contributed by atoms with Gasteiger partial charge in [-0.1, -0.05) is 17.3 Å². The first kappa shape index (κ1) is 20.2. The van der Waals surface area contributed by atoms with Crippen LogP contribution in [0.15, 0.2) is 64.3 Å². The number of carbonyl (C=O) groups excluding carboxylic acids is 1. The van der Waals surface area contributed by atoms with Gasteiger partial charge >= 0.3 is 0 Å². The molecule has 1 amide bonds. The first-order valence-corrected chi connectivity index (χ1v) is 10.8. The Morgan fingerprint density at radius 3 is 2.60 bits per heavy atom. The number of sulfonamides is 1. The summed E-state index contributed by atoms with van der Waals surface area (Å²) in [5, 5.41) is 6.54. The molecule has 0 radical (unpaired) electrons. The average Bonchev–Trinajstić information content (AvgIpc) is 3.29. The summed E-state index contributed by atoms with van der Waals surface area (Å²) >= 11 is 0. The number of hydrogen-bond acceptors (Lipinski definition) is 7. The lowest BCUT2D eigenvalue weighted by atomic mass is 10.2. The van der Waals surface area contributed by atoms with Crippen LogP contribution in [0.3, 0.4) is 0 Å². The smallest absolute Gasteiger partial charge is 0.273 e. The van der Waals surface area contributed by atoms with E-state index in [0.29, 0.717) is 32.1 Å². The van der Waals surface area contributed by atoms with Crippen molar-refractivity contribution in [3.8, 4) is 11.3 Å². The van der Waals surface area contributed by atoms with Gasteiger partial charge in [0.2, 0.25) is 10.0 Å². The van der Waals surface area contributed by atoms with Gasteiger partial charge < -0.3 is 14.6 Å². The van der Waals surface area contributed by atoms with E-state index in [9.17, 15) is 13.2 Å². The summed E-state index contributed by atoms with van der Waals surface area (Å²) in [5.41, 5.74) is 1.64. The van der Waals surface area contributed by atoms with Gasteiger partial charge in [0, 0.05) is 43.7 Å². The number of pyridine rings is 1. The van der Waals surface area contributed by atoms with Gasteiger partial charge in [-0.05, 0) is 29.8 Å². The first-order valence-electron chi connectivity index (χ1n) is 9.36. The third-order valence-corrected chi connectivity index (χ3v) is 6.59. The van der Waals surface area contributed by atoms with E-state index in [1.165, 1.54) is 4.31 Å². The van der Waals surface area contributed by atoms with E-state index in [1.807, 2.05) is 6.07 Å². The number of benzene rings is 1. The monoisotopic (exact) mass is 428 g/mol. The van der Waals surface area contributed by atoms with Crippen LogP contribution >= 0.6 is 0 Å². The molecule has 1 aromatic carbocycles. The molecule has 1 N–H and O–H groups in total. The highest BCUT2D eigenvalue weighted by Crippen LogP contribution is 2.19. The Morgan fingerprint density at radius 1 is 1.13 bits per heavy atom. The molecule has 3 heterocycles. The molecule has 1 aliphatic rings. The summed E-state index contributed by atoms with van der Waals surface area (Å²) in [6.45, 7) is 1.71. The average molecular weight is 428 g/mol. The summed E-state index contributed by atoms with van der Waals surface area (Å²) in [6.07, 6.45) is 3.26. The highest BCUT2D eigenvalue weighted by molar-refractivity contribution is 7.89. The lowest BCUT2D eigenvalue weighted by molar-refractivity contribution is 0.0730. The largest absolute Gasteiger partial charge is 0.379 e. The number of aromatic nitrogens is 2. The molecule has 0 unspecified atom stereocenters. The van der Waals surface area contributed by atoms with Crippen molar-refractivity contribution in [3.05, 3.63) is 66.1 Å². The highest BCUT2D eigenvalue weighted by atomic mass is 32.2.